The highest BCUT2D eigenvalue weighted by molar-refractivity contribution is 5.37. The molecule has 2 unspecified atom stereocenters. The molecular formula is C18H23N. The van der Waals surface area contributed by atoms with E-state index in [4.69, 9.17) is 5.73 Å². The molecule has 0 aliphatic carbocycles. The van der Waals surface area contributed by atoms with E-state index in [0.29, 0.717) is 5.92 Å². The van der Waals surface area contributed by atoms with Crippen LogP contribution in [0, 0.1) is 6.92 Å². The van der Waals surface area contributed by atoms with Gasteiger partial charge in [-0.25, -0.2) is 0 Å². The summed E-state index contributed by atoms with van der Waals surface area (Å²) >= 11 is 0. The monoisotopic (exact) mass is 253 g/mol. The van der Waals surface area contributed by atoms with E-state index < -0.39 is 0 Å². The molecule has 0 fully saturated rings. The van der Waals surface area contributed by atoms with Crippen LogP contribution >= 0.6 is 0 Å². The number of benzene rings is 2. The van der Waals surface area contributed by atoms with E-state index in [-0.39, 0.29) is 6.04 Å². The highest BCUT2D eigenvalue weighted by Gasteiger charge is 2.11. The average molecular weight is 253 g/mol. The van der Waals surface area contributed by atoms with Crippen molar-refractivity contribution in [3.8, 4) is 0 Å². The van der Waals surface area contributed by atoms with E-state index in [2.05, 4.69) is 69.3 Å². The first-order chi connectivity index (χ1) is 9.13. The molecule has 2 aromatic rings. The van der Waals surface area contributed by atoms with Crippen molar-refractivity contribution in [1.82, 2.24) is 0 Å². The summed E-state index contributed by atoms with van der Waals surface area (Å²) in [5.41, 5.74) is 11.4. The smallest absolute Gasteiger partial charge is 0.0554 e. The second kappa shape index (κ2) is 6.03. The first kappa shape index (κ1) is 13.8. The van der Waals surface area contributed by atoms with E-state index in [0.717, 1.165) is 0 Å². The zero-order valence-electron chi connectivity index (χ0n) is 12.1. The Hall–Kier alpha value is -1.60. The van der Waals surface area contributed by atoms with E-state index in [1.807, 2.05) is 0 Å². The maximum absolute atomic E-state index is 6.38. The number of rotatable bonds is 4. The Morgan fingerprint density at radius 3 is 2.11 bits per heavy atom. The molecule has 1 nitrogen and oxygen atoms in total. The van der Waals surface area contributed by atoms with Gasteiger partial charge in [0.05, 0.1) is 6.04 Å². The third-order valence-corrected chi connectivity index (χ3v) is 4.00. The van der Waals surface area contributed by atoms with Gasteiger partial charge in [-0.15, -0.1) is 0 Å². The predicted octanol–water partition coefficient (Wildman–Crippen LogP) is 4.56. The fraction of sp³-hybridized carbons (Fsp3) is 0.333. The van der Waals surface area contributed by atoms with Gasteiger partial charge in [-0.2, -0.15) is 0 Å². The number of nitrogens with two attached hydrogens (primary N) is 1. The molecule has 0 aliphatic heterocycles. The fourth-order valence-corrected chi connectivity index (χ4v) is 2.38. The van der Waals surface area contributed by atoms with Gasteiger partial charge in [0.1, 0.15) is 0 Å². The molecule has 0 amide bonds. The van der Waals surface area contributed by atoms with Crippen molar-refractivity contribution in [1.29, 1.82) is 0 Å². The lowest BCUT2D eigenvalue weighted by Gasteiger charge is -2.16. The lowest BCUT2D eigenvalue weighted by molar-refractivity contribution is 0.732. The van der Waals surface area contributed by atoms with Gasteiger partial charge >= 0.3 is 0 Å². The minimum absolute atomic E-state index is 0.0350. The van der Waals surface area contributed by atoms with Gasteiger partial charge in [-0.05, 0) is 41.5 Å². The fourth-order valence-electron chi connectivity index (χ4n) is 2.38. The maximum atomic E-state index is 6.38. The summed E-state index contributed by atoms with van der Waals surface area (Å²) in [7, 11) is 0. The number of aryl methyl sites for hydroxylation is 1. The van der Waals surface area contributed by atoms with Crippen molar-refractivity contribution < 1.29 is 0 Å². The molecule has 2 atom stereocenters. The van der Waals surface area contributed by atoms with Gasteiger partial charge in [0.15, 0.2) is 0 Å². The minimum atomic E-state index is -0.0350. The van der Waals surface area contributed by atoms with E-state index in [1.165, 1.54) is 28.7 Å². The Balaban J connectivity index is 2.25. The Kier molecular flexibility index (Phi) is 4.39. The molecule has 0 heterocycles. The number of hydrogen-bond acceptors (Lipinski definition) is 1. The lowest BCUT2D eigenvalue weighted by atomic mass is 9.92. The van der Waals surface area contributed by atoms with Crippen LogP contribution in [0.5, 0.6) is 0 Å². The van der Waals surface area contributed by atoms with Crippen molar-refractivity contribution >= 4 is 0 Å². The second-order valence-corrected chi connectivity index (χ2v) is 5.31. The summed E-state index contributed by atoms with van der Waals surface area (Å²) in [4.78, 5) is 0. The van der Waals surface area contributed by atoms with Crippen molar-refractivity contribution in [2.75, 3.05) is 0 Å². The minimum Gasteiger partial charge on any atom is -0.320 e. The summed E-state index contributed by atoms with van der Waals surface area (Å²) in [6.07, 6.45) is 1.17. The molecule has 2 rings (SSSR count). The van der Waals surface area contributed by atoms with Crippen molar-refractivity contribution in [2.45, 2.75) is 39.2 Å². The third-order valence-electron chi connectivity index (χ3n) is 4.00. The van der Waals surface area contributed by atoms with Crippen LogP contribution in [0.4, 0.5) is 0 Å². The summed E-state index contributed by atoms with van der Waals surface area (Å²) in [6.45, 7) is 6.59. The van der Waals surface area contributed by atoms with Crippen LogP contribution in [0.25, 0.3) is 0 Å². The Morgan fingerprint density at radius 2 is 1.53 bits per heavy atom. The van der Waals surface area contributed by atoms with Crippen LogP contribution < -0.4 is 5.73 Å². The van der Waals surface area contributed by atoms with Gasteiger partial charge in [0.2, 0.25) is 0 Å². The van der Waals surface area contributed by atoms with E-state index in [1.54, 1.807) is 0 Å². The van der Waals surface area contributed by atoms with Crippen molar-refractivity contribution in [2.24, 2.45) is 5.73 Å². The zero-order chi connectivity index (χ0) is 13.8. The molecule has 0 spiro atoms. The van der Waals surface area contributed by atoms with Crippen LogP contribution in [0.1, 0.15) is 54.5 Å². The predicted molar refractivity (Wildman–Crippen MR) is 82.4 cm³/mol. The van der Waals surface area contributed by atoms with Crippen molar-refractivity contribution in [3.05, 3.63) is 70.8 Å². The normalized spacial score (nSPS) is 14.1. The lowest BCUT2D eigenvalue weighted by Crippen LogP contribution is -2.13. The Bertz CT molecular complexity index is 528. The van der Waals surface area contributed by atoms with Crippen LogP contribution in [0.3, 0.4) is 0 Å². The van der Waals surface area contributed by atoms with Gasteiger partial charge in [-0.1, -0.05) is 62.4 Å². The molecule has 0 bridgehead atoms. The molecular weight excluding hydrogens is 230 g/mol. The molecule has 2 N–H and O–H groups in total. The number of hydrogen-bond donors (Lipinski definition) is 1. The molecule has 0 aromatic heterocycles. The largest absolute Gasteiger partial charge is 0.320 e. The summed E-state index contributed by atoms with van der Waals surface area (Å²) in [6, 6.07) is 17.0. The molecule has 100 valence electrons. The second-order valence-electron chi connectivity index (χ2n) is 5.31. The topological polar surface area (TPSA) is 26.0 Å². The Labute approximate surface area is 116 Å². The molecule has 19 heavy (non-hydrogen) atoms. The van der Waals surface area contributed by atoms with Gasteiger partial charge in [0.25, 0.3) is 0 Å². The van der Waals surface area contributed by atoms with Crippen LogP contribution in [-0.2, 0) is 0 Å². The van der Waals surface area contributed by atoms with Crippen LogP contribution in [0.2, 0.25) is 0 Å². The molecule has 0 radical (unpaired) electrons. The highest BCUT2D eigenvalue weighted by Crippen LogP contribution is 2.25. The van der Waals surface area contributed by atoms with Crippen molar-refractivity contribution in [3.63, 3.8) is 0 Å². The van der Waals surface area contributed by atoms with Gasteiger partial charge < -0.3 is 5.73 Å². The Morgan fingerprint density at radius 1 is 0.947 bits per heavy atom. The van der Waals surface area contributed by atoms with Gasteiger partial charge in [0, 0.05) is 0 Å². The molecule has 0 aliphatic rings. The standard InChI is InChI=1S/C18H23N/c1-4-13(2)15-9-11-16(12-10-15)18(19)17-8-6-5-7-14(17)3/h5-13,18H,4,19H2,1-3H3. The summed E-state index contributed by atoms with van der Waals surface area (Å²) in [5.74, 6) is 0.615. The SMILES string of the molecule is CCC(C)c1ccc(C(N)c2ccccc2C)cc1. The average Bonchev–Trinajstić information content (AvgIpc) is 2.46. The first-order valence-corrected chi connectivity index (χ1v) is 7.04. The quantitative estimate of drug-likeness (QED) is 0.849. The summed E-state index contributed by atoms with van der Waals surface area (Å²) < 4.78 is 0. The summed E-state index contributed by atoms with van der Waals surface area (Å²) in [5, 5.41) is 0. The van der Waals surface area contributed by atoms with E-state index in [9.17, 15) is 0 Å². The van der Waals surface area contributed by atoms with Crippen LogP contribution in [-0.4, -0.2) is 0 Å². The zero-order valence-corrected chi connectivity index (χ0v) is 12.1. The van der Waals surface area contributed by atoms with Crippen LogP contribution in [0.15, 0.2) is 48.5 Å². The van der Waals surface area contributed by atoms with E-state index >= 15 is 0 Å². The third kappa shape index (κ3) is 3.05. The molecule has 1 heteroatoms. The maximum Gasteiger partial charge on any atom is 0.0554 e. The highest BCUT2D eigenvalue weighted by atomic mass is 14.6. The molecule has 0 saturated heterocycles. The van der Waals surface area contributed by atoms with Gasteiger partial charge in [-0.3, -0.25) is 0 Å². The molecule has 0 saturated carbocycles. The molecule has 2 aromatic carbocycles. The first-order valence-electron chi connectivity index (χ1n) is 7.04.